The molecule has 42 heavy (non-hydrogen) atoms. The van der Waals surface area contributed by atoms with Gasteiger partial charge in [-0.1, -0.05) is 78.3 Å². The van der Waals surface area contributed by atoms with E-state index in [0.717, 1.165) is 47.8 Å². The van der Waals surface area contributed by atoms with Crippen LogP contribution in [0.3, 0.4) is 0 Å². The predicted octanol–water partition coefficient (Wildman–Crippen LogP) is 8.55. The molecule has 7 heteroatoms. The summed E-state index contributed by atoms with van der Waals surface area (Å²) in [6.07, 6.45) is 8.96. The summed E-state index contributed by atoms with van der Waals surface area (Å²) in [5.41, 5.74) is 5.81. The van der Waals surface area contributed by atoms with Gasteiger partial charge in [0.15, 0.2) is 0 Å². The number of hydrogen-bond acceptors (Lipinski definition) is 4. The van der Waals surface area contributed by atoms with Crippen molar-refractivity contribution in [3.63, 3.8) is 0 Å². The number of thioether (sulfide) groups is 1. The number of benzene rings is 3. The van der Waals surface area contributed by atoms with Crippen LogP contribution in [-0.2, 0) is 16.8 Å². The molecule has 0 spiro atoms. The van der Waals surface area contributed by atoms with Crippen LogP contribution >= 0.6 is 23.4 Å². The number of nitrogens with zero attached hydrogens (tertiary/aromatic N) is 1. The van der Waals surface area contributed by atoms with Crippen LogP contribution in [0.25, 0.3) is 23.1 Å². The minimum absolute atomic E-state index is 0. The van der Waals surface area contributed by atoms with E-state index in [-0.39, 0.29) is 29.6 Å². The van der Waals surface area contributed by atoms with Gasteiger partial charge in [0.1, 0.15) is 0 Å². The molecule has 0 radical (unpaired) electrons. The van der Waals surface area contributed by atoms with E-state index < -0.39 is 11.6 Å². The van der Waals surface area contributed by atoms with Gasteiger partial charge >= 0.3 is 29.6 Å². The predicted molar refractivity (Wildman–Crippen MR) is 181 cm³/mol. The normalized spacial score (nSPS) is 13.7. The van der Waals surface area contributed by atoms with Crippen LogP contribution in [0.2, 0.25) is 5.02 Å². The summed E-state index contributed by atoms with van der Waals surface area (Å²) in [6.45, 7) is 4.83. The summed E-state index contributed by atoms with van der Waals surface area (Å²) in [4.78, 5) is 13.8. The van der Waals surface area contributed by atoms with Crippen molar-refractivity contribution in [2.75, 3.05) is 5.75 Å². The van der Waals surface area contributed by atoms with Gasteiger partial charge in [-0.05, 0) is 97.7 Å². The number of hydrogen-bond donors (Lipinski definition) is 2. The maximum atomic E-state index is 10.7. The Hall–Kier alpha value is -2.12. The second kappa shape index (κ2) is 16.1. The van der Waals surface area contributed by atoms with Gasteiger partial charge < -0.3 is 10.2 Å². The van der Waals surface area contributed by atoms with Crippen molar-refractivity contribution in [3.8, 4) is 0 Å². The molecule has 2 N–H and O–H groups in total. The Balaban J connectivity index is 0.000000911. The fourth-order valence-electron chi connectivity index (χ4n) is 4.75. The van der Waals surface area contributed by atoms with Crippen LogP contribution in [0.1, 0.15) is 73.2 Å². The molecule has 1 fully saturated rings. The van der Waals surface area contributed by atoms with E-state index in [0.29, 0.717) is 10.3 Å². The van der Waals surface area contributed by atoms with Gasteiger partial charge in [-0.15, -0.1) is 0 Å². The number of aliphatic hydroxyl groups is 1. The Bertz CT molecular complexity index is 1510. The van der Waals surface area contributed by atoms with E-state index in [2.05, 4.69) is 72.4 Å². The topological polar surface area (TPSA) is 70.4 Å². The summed E-state index contributed by atoms with van der Waals surface area (Å²) in [6, 6.07) is 27.2. The standard InChI is InChI=1S/C33H34ClNOS.C2H4O2.Na.H/c1-33(2,36)30-9-4-3-7-25(30)15-19-32(37-22-24-10-11-24)27-8-5-6-23(20-27)12-17-29-18-14-26-13-16-28(34)21-31(26)35-29;1-2(3)4;;/h3-9,12-14,16-18,20-21,24,32,36H,10-11,15,19,22H2,1-2H3;1H3,(H,3,4);;/b17-12+;;;/t32-;;;/m1.../s1. The Labute approximate surface area is 280 Å². The quantitative estimate of drug-likeness (QED) is 0.176. The molecule has 1 saturated carbocycles. The second-order valence-electron chi connectivity index (χ2n) is 11.1. The van der Waals surface area contributed by atoms with Gasteiger partial charge in [-0.25, -0.2) is 4.98 Å². The van der Waals surface area contributed by atoms with Gasteiger partial charge in [-0.3, -0.25) is 4.79 Å². The third kappa shape index (κ3) is 10.9. The zero-order chi connectivity index (χ0) is 29.4. The number of pyridine rings is 1. The molecule has 0 bridgehead atoms. The Kier molecular flexibility index (Phi) is 13.2. The molecule has 1 aromatic heterocycles. The van der Waals surface area contributed by atoms with Crippen molar-refractivity contribution in [3.05, 3.63) is 112 Å². The molecule has 1 heterocycles. The Morgan fingerprint density at radius 3 is 2.48 bits per heavy atom. The summed E-state index contributed by atoms with van der Waals surface area (Å²) in [5, 5.41) is 20.3. The average Bonchev–Trinajstić information content (AvgIpc) is 3.76. The first kappa shape index (κ1) is 34.4. The molecule has 0 aliphatic heterocycles. The summed E-state index contributed by atoms with van der Waals surface area (Å²) in [7, 11) is 0. The first-order valence-corrected chi connectivity index (χ1v) is 15.5. The van der Waals surface area contributed by atoms with E-state index in [1.54, 1.807) is 0 Å². The number of rotatable bonds is 10. The molecular weight excluding hydrogens is 573 g/mol. The van der Waals surface area contributed by atoms with Gasteiger partial charge in [0.2, 0.25) is 0 Å². The maximum absolute atomic E-state index is 10.7. The molecule has 1 aliphatic carbocycles. The van der Waals surface area contributed by atoms with Crippen LogP contribution < -0.4 is 0 Å². The van der Waals surface area contributed by atoms with Crippen molar-refractivity contribution in [2.45, 2.75) is 57.3 Å². The van der Waals surface area contributed by atoms with E-state index in [1.807, 2.05) is 44.2 Å². The number of aromatic nitrogens is 1. The number of aryl methyl sites for hydroxylation is 1. The van der Waals surface area contributed by atoms with Crippen LogP contribution in [0.4, 0.5) is 0 Å². The van der Waals surface area contributed by atoms with Crippen molar-refractivity contribution >= 4 is 81.9 Å². The first-order chi connectivity index (χ1) is 19.6. The monoisotopic (exact) mass is 611 g/mol. The summed E-state index contributed by atoms with van der Waals surface area (Å²) < 4.78 is 0. The molecule has 1 aliphatic rings. The summed E-state index contributed by atoms with van der Waals surface area (Å²) in [5.74, 6) is 1.27. The minimum atomic E-state index is -0.833. The third-order valence-electron chi connectivity index (χ3n) is 6.99. The van der Waals surface area contributed by atoms with Crippen LogP contribution in [0.5, 0.6) is 0 Å². The number of carboxylic acid groups (broad SMARTS) is 1. The number of carbonyl (C=O) groups is 1. The molecule has 0 saturated heterocycles. The van der Waals surface area contributed by atoms with Crippen molar-refractivity contribution in [2.24, 2.45) is 5.92 Å². The number of fused-ring (bicyclic) bond motifs is 1. The summed E-state index contributed by atoms with van der Waals surface area (Å²) >= 11 is 8.26. The van der Waals surface area contributed by atoms with E-state index >= 15 is 0 Å². The van der Waals surface area contributed by atoms with Crippen LogP contribution in [0, 0.1) is 5.92 Å². The van der Waals surface area contributed by atoms with Gasteiger partial charge in [-0.2, -0.15) is 11.8 Å². The molecule has 1 atom stereocenters. The first-order valence-electron chi connectivity index (χ1n) is 14.0. The number of carboxylic acids is 1. The number of aliphatic carboxylic acids is 1. The Morgan fingerprint density at radius 2 is 1.76 bits per heavy atom. The zero-order valence-electron chi connectivity index (χ0n) is 23.9. The van der Waals surface area contributed by atoms with E-state index in [4.69, 9.17) is 26.5 Å². The van der Waals surface area contributed by atoms with Crippen molar-refractivity contribution in [1.82, 2.24) is 4.98 Å². The molecule has 0 amide bonds. The van der Waals surface area contributed by atoms with Gasteiger partial charge in [0.25, 0.3) is 5.97 Å². The third-order valence-corrected chi connectivity index (χ3v) is 8.80. The molecule has 5 rings (SSSR count). The average molecular weight is 612 g/mol. The molecule has 4 aromatic rings. The van der Waals surface area contributed by atoms with Gasteiger partial charge in [0.05, 0.1) is 16.8 Å². The molecule has 4 nitrogen and oxygen atoms in total. The van der Waals surface area contributed by atoms with Gasteiger partial charge in [0, 0.05) is 22.6 Å². The molecule has 3 aromatic carbocycles. The molecule has 0 unspecified atom stereocenters. The van der Waals surface area contributed by atoms with E-state index in [1.165, 1.54) is 35.3 Å². The van der Waals surface area contributed by atoms with Crippen LogP contribution in [0.15, 0.2) is 78.9 Å². The fourth-order valence-corrected chi connectivity index (χ4v) is 6.38. The Morgan fingerprint density at radius 1 is 1.05 bits per heavy atom. The molecular formula is C35H39ClNNaO3S. The van der Waals surface area contributed by atoms with Crippen molar-refractivity contribution in [1.29, 1.82) is 0 Å². The number of halogens is 1. The molecule has 216 valence electrons. The van der Waals surface area contributed by atoms with Crippen molar-refractivity contribution < 1.29 is 15.0 Å². The second-order valence-corrected chi connectivity index (χ2v) is 12.8. The van der Waals surface area contributed by atoms with E-state index in [9.17, 15) is 5.11 Å². The fraction of sp³-hybridized carbons (Fsp3) is 0.314. The SMILES string of the molecule is CC(=O)O.CC(C)(O)c1ccccc1CC[C@@H](SCC1CC1)c1cccc(/C=C/c2ccc3ccc(Cl)cc3n2)c1.[NaH]. The van der Waals surface area contributed by atoms with Crippen LogP contribution in [-0.4, -0.2) is 56.5 Å². The zero-order valence-corrected chi connectivity index (χ0v) is 25.5.